The normalized spacial score (nSPS) is 10.3. The molecule has 0 atom stereocenters. The van der Waals surface area contributed by atoms with Gasteiger partial charge in [0.05, 0.1) is 7.11 Å². The van der Waals surface area contributed by atoms with E-state index in [4.69, 9.17) is 10.5 Å². The second kappa shape index (κ2) is 5.79. The number of ether oxygens (including phenoxy) is 1. The Morgan fingerprint density at radius 3 is 2.30 bits per heavy atom. The first-order chi connectivity index (χ1) is 10.8. The van der Waals surface area contributed by atoms with Gasteiger partial charge in [0.2, 0.25) is 0 Å². The van der Waals surface area contributed by atoms with Crippen LogP contribution in [0.5, 0.6) is 5.75 Å². The number of pyridine rings is 1. The smallest absolute Gasteiger partial charge is 0.342 e. The first kappa shape index (κ1) is 16.0. The standard InChI is InChI=1S/C14H11FN2O6/c1-23-7-3-2-5(4-6(7)15)8-9(13(19)20)11(16)17-12(18)10(8)14(21)22/h2-4H,1H3,(H,19,20)(H,21,22)(H3,16,17,18). The highest BCUT2D eigenvalue weighted by atomic mass is 19.1. The summed E-state index contributed by atoms with van der Waals surface area (Å²) in [5, 5.41) is 18.5. The maximum Gasteiger partial charge on any atom is 0.342 e. The Morgan fingerprint density at radius 2 is 1.83 bits per heavy atom. The number of benzene rings is 1. The lowest BCUT2D eigenvalue weighted by Crippen LogP contribution is -2.24. The van der Waals surface area contributed by atoms with Gasteiger partial charge in [-0.1, -0.05) is 6.07 Å². The fourth-order valence-electron chi connectivity index (χ4n) is 2.16. The van der Waals surface area contributed by atoms with Crippen molar-refractivity contribution in [2.75, 3.05) is 12.8 Å². The van der Waals surface area contributed by atoms with Crippen LogP contribution in [0.3, 0.4) is 0 Å². The fraction of sp³-hybridized carbons (Fsp3) is 0.0714. The lowest BCUT2D eigenvalue weighted by atomic mass is 9.95. The predicted octanol–water partition coefficient (Wildman–Crippen LogP) is 1.17. The van der Waals surface area contributed by atoms with Crippen LogP contribution in [-0.4, -0.2) is 34.2 Å². The van der Waals surface area contributed by atoms with Gasteiger partial charge < -0.3 is 25.7 Å². The molecule has 0 saturated heterocycles. The minimum absolute atomic E-state index is 0.125. The molecule has 23 heavy (non-hydrogen) atoms. The summed E-state index contributed by atoms with van der Waals surface area (Å²) in [6.07, 6.45) is 0. The van der Waals surface area contributed by atoms with E-state index < -0.39 is 45.8 Å². The topological polar surface area (TPSA) is 143 Å². The number of carbonyl (C=O) groups is 2. The van der Waals surface area contributed by atoms with Gasteiger partial charge in [0.25, 0.3) is 5.56 Å². The molecule has 0 bridgehead atoms. The van der Waals surface area contributed by atoms with E-state index >= 15 is 0 Å². The third-order valence-electron chi connectivity index (χ3n) is 3.11. The number of halogens is 1. The maximum atomic E-state index is 13.9. The summed E-state index contributed by atoms with van der Waals surface area (Å²) < 4.78 is 18.6. The van der Waals surface area contributed by atoms with Gasteiger partial charge in [0.15, 0.2) is 11.6 Å². The van der Waals surface area contributed by atoms with Crippen molar-refractivity contribution in [3.8, 4) is 16.9 Å². The summed E-state index contributed by atoms with van der Waals surface area (Å²) in [6, 6.07) is 3.28. The maximum absolute atomic E-state index is 13.9. The Bertz CT molecular complexity index is 874. The number of nitrogens with one attached hydrogen (secondary N) is 1. The van der Waals surface area contributed by atoms with Crippen molar-refractivity contribution in [2.45, 2.75) is 0 Å². The molecule has 0 radical (unpaired) electrons. The van der Waals surface area contributed by atoms with Crippen molar-refractivity contribution in [1.82, 2.24) is 4.98 Å². The van der Waals surface area contributed by atoms with Crippen LogP contribution in [0.4, 0.5) is 10.2 Å². The van der Waals surface area contributed by atoms with Gasteiger partial charge in [0, 0.05) is 5.56 Å². The average Bonchev–Trinajstić information content (AvgIpc) is 2.45. The van der Waals surface area contributed by atoms with Gasteiger partial charge in [-0.15, -0.1) is 0 Å². The summed E-state index contributed by atoms with van der Waals surface area (Å²) in [5.74, 6) is -4.73. The summed E-state index contributed by atoms with van der Waals surface area (Å²) >= 11 is 0. The van der Waals surface area contributed by atoms with Gasteiger partial charge in [-0.3, -0.25) is 4.79 Å². The minimum atomic E-state index is -1.67. The molecular formula is C14H11FN2O6. The third kappa shape index (κ3) is 2.71. The number of anilines is 1. The SMILES string of the molecule is COc1ccc(-c2c(C(=O)O)c(N)[nH]c(=O)c2C(=O)O)cc1F. The number of H-pyrrole nitrogens is 1. The monoisotopic (exact) mass is 322 g/mol. The number of hydrogen-bond acceptors (Lipinski definition) is 5. The van der Waals surface area contributed by atoms with Crippen LogP contribution >= 0.6 is 0 Å². The number of aromatic carboxylic acids is 2. The van der Waals surface area contributed by atoms with E-state index in [0.29, 0.717) is 0 Å². The predicted molar refractivity (Wildman–Crippen MR) is 77.3 cm³/mol. The number of nitrogens with two attached hydrogens (primary N) is 1. The molecule has 120 valence electrons. The molecule has 2 aromatic rings. The highest BCUT2D eigenvalue weighted by Gasteiger charge is 2.27. The summed E-state index contributed by atoms with van der Waals surface area (Å²) in [4.78, 5) is 36.5. The zero-order valence-electron chi connectivity index (χ0n) is 11.7. The Hall–Kier alpha value is -3.36. The van der Waals surface area contributed by atoms with E-state index in [1.165, 1.54) is 19.2 Å². The Balaban J connectivity index is 2.93. The molecule has 0 fully saturated rings. The van der Waals surface area contributed by atoms with E-state index in [-0.39, 0.29) is 11.3 Å². The van der Waals surface area contributed by atoms with Crippen LogP contribution in [0, 0.1) is 5.82 Å². The van der Waals surface area contributed by atoms with E-state index in [1.807, 2.05) is 4.98 Å². The Morgan fingerprint density at radius 1 is 1.22 bits per heavy atom. The van der Waals surface area contributed by atoms with Crippen molar-refractivity contribution >= 4 is 17.8 Å². The first-order valence-electron chi connectivity index (χ1n) is 6.14. The van der Waals surface area contributed by atoms with Crippen LogP contribution in [0.1, 0.15) is 20.7 Å². The third-order valence-corrected chi connectivity index (χ3v) is 3.11. The lowest BCUT2D eigenvalue weighted by molar-refractivity contribution is 0.0695. The quantitative estimate of drug-likeness (QED) is 0.661. The molecule has 0 aliphatic carbocycles. The summed E-state index contributed by atoms with van der Waals surface area (Å²) in [6.45, 7) is 0. The highest BCUT2D eigenvalue weighted by Crippen LogP contribution is 2.31. The number of rotatable bonds is 4. The van der Waals surface area contributed by atoms with E-state index in [9.17, 15) is 29.0 Å². The number of carboxylic acid groups (broad SMARTS) is 2. The largest absolute Gasteiger partial charge is 0.494 e. The van der Waals surface area contributed by atoms with Crippen LogP contribution in [0.25, 0.3) is 11.1 Å². The number of hydrogen-bond donors (Lipinski definition) is 4. The second-order valence-corrected chi connectivity index (χ2v) is 4.45. The van der Waals surface area contributed by atoms with Crippen molar-refractivity contribution < 1.29 is 28.9 Å². The average molecular weight is 322 g/mol. The minimum Gasteiger partial charge on any atom is -0.494 e. The van der Waals surface area contributed by atoms with Gasteiger partial charge in [0.1, 0.15) is 16.9 Å². The molecule has 1 aromatic heterocycles. The van der Waals surface area contributed by atoms with Crippen LogP contribution in [0.15, 0.2) is 23.0 Å². The summed E-state index contributed by atoms with van der Waals surface area (Å²) in [7, 11) is 1.23. The molecule has 9 heteroatoms. The molecule has 0 spiro atoms. The first-order valence-corrected chi connectivity index (χ1v) is 6.14. The molecule has 2 rings (SSSR count). The van der Waals surface area contributed by atoms with E-state index in [0.717, 1.165) is 6.07 Å². The zero-order chi connectivity index (χ0) is 17.3. The molecule has 0 saturated carbocycles. The molecule has 8 nitrogen and oxygen atoms in total. The van der Waals surface area contributed by atoms with Crippen molar-refractivity contribution in [3.05, 3.63) is 45.5 Å². The lowest BCUT2D eigenvalue weighted by Gasteiger charge is -2.12. The van der Waals surface area contributed by atoms with Crippen LogP contribution in [-0.2, 0) is 0 Å². The van der Waals surface area contributed by atoms with E-state index in [2.05, 4.69) is 0 Å². The number of aromatic nitrogens is 1. The molecular weight excluding hydrogens is 311 g/mol. The summed E-state index contributed by atoms with van der Waals surface area (Å²) in [5.41, 5.74) is 2.30. The molecule has 0 aliphatic heterocycles. The highest BCUT2D eigenvalue weighted by molar-refractivity contribution is 6.07. The molecule has 1 heterocycles. The zero-order valence-corrected chi connectivity index (χ0v) is 11.7. The van der Waals surface area contributed by atoms with Crippen molar-refractivity contribution in [1.29, 1.82) is 0 Å². The number of methoxy groups -OCH3 is 1. The second-order valence-electron chi connectivity index (χ2n) is 4.45. The number of aromatic amines is 1. The van der Waals surface area contributed by atoms with Gasteiger partial charge >= 0.3 is 11.9 Å². The molecule has 0 unspecified atom stereocenters. The molecule has 1 aromatic carbocycles. The number of carboxylic acids is 2. The molecule has 0 amide bonds. The van der Waals surface area contributed by atoms with Crippen LogP contribution < -0.4 is 16.0 Å². The number of nitrogen functional groups attached to an aromatic ring is 1. The van der Waals surface area contributed by atoms with E-state index in [1.54, 1.807) is 0 Å². The Kier molecular flexibility index (Phi) is 4.04. The Labute approximate surface area is 127 Å². The van der Waals surface area contributed by atoms with Crippen LogP contribution in [0.2, 0.25) is 0 Å². The van der Waals surface area contributed by atoms with Crippen molar-refractivity contribution in [3.63, 3.8) is 0 Å². The van der Waals surface area contributed by atoms with Crippen molar-refractivity contribution in [2.24, 2.45) is 0 Å². The fourth-order valence-corrected chi connectivity index (χ4v) is 2.16. The molecule has 5 N–H and O–H groups in total. The molecule has 0 aliphatic rings. The van der Waals surface area contributed by atoms with Gasteiger partial charge in [-0.2, -0.15) is 0 Å². The van der Waals surface area contributed by atoms with Gasteiger partial charge in [-0.05, 0) is 17.7 Å². The van der Waals surface area contributed by atoms with Gasteiger partial charge in [-0.25, -0.2) is 14.0 Å².